The molecular weight excluding hydrogens is 418 g/mol. The van der Waals surface area contributed by atoms with Crippen LogP contribution < -0.4 is 5.32 Å². The first-order valence-corrected chi connectivity index (χ1v) is 12.5. The zero-order valence-electron chi connectivity index (χ0n) is 16.9. The first kappa shape index (κ1) is 21.0. The number of rotatable bonds is 6. The number of para-hydroxylation sites is 1. The van der Waals surface area contributed by atoms with Gasteiger partial charge in [-0.25, -0.2) is 17.7 Å². The summed E-state index contributed by atoms with van der Waals surface area (Å²) in [7, 11) is -3.26. The van der Waals surface area contributed by atoms with Crippen molar-refractivity contribution in [3.63, 3.8) is 0 Å². The van der Waals surface area contributed by atoms with Gasteiger partial charge < -0.3 is 5.32 Å². The summed E-state index contributed by atoms with van der Waals surface area (Å²) in [5, 5.41) is 3.94. The molecule has 30 heavy (non-hydrogen) atoms. The van der Waals surface area contributed by atoms with Crippen molar-refractivity contribution in [3.8, 4) is 0 Å². The minimum atomic E-state index is -3.26. The summed E-state index contributed by atoms with van der Waals surface area (Å²) in [5.41, 5.74) is 1.13. The third-order valence-electron chi connectivity index (χ3n) is 5.83. The van der Waals surface area contributed by atoms with Gasteiger partial charge in [0.15, 0.2) is 0 Å². The summed E-state index contributed by atoms with van der Waals surface area (Å²) in [4.78, 5) is 18.0. The number of amides is 1. The predicted molar refractivity (Wildman–Crippen MR) is 120 cm³/mol. The number of carbonyl (C=O) groups excluding carboxylic acids is 1. The maximum Gasteiger partial charge on any atom is 0.231 e. The highest BCUT2D eigenvalue weighted by Gasteiger charge is 2.44. The molecule has 1 aliphatic rings. The molecule has 1 fully saturated rings. The van der Waals surface area contributed by atoms with E-state index < -0.39 is 15.4 Å². The van der Waals surface area contributed by atoms with E-state index in [2.05, 4.69) is 10.3 Å². The van der Waals surface area contributed by atoms with Gasteiger partial charge in [-0.3, -0.25) is 4.79 Å². The van der Waals surface area contributed by atoms with Gasteiger partial charge in [0.2, 0.25) is 15.9 Å². The summed E-state index contributed by atoms with van der Waals surface area (Å²) in [6.07, 6.45) is 0.920. The second-order valence-electron chi connectivity index (χ2n) is 7.51. The predicted octanol–water partition coefficient (Wildman–Crippen LogP) is 3.30. The number of fused-ring (bicyclic) bond motifs is 1. The van der Waals surface area contributed by atoms with Crippen molar-refractivity contribution in [1.82, 2.24) is 14.6 Å². The Morgan fingerprint density at radius 1 is 1.10 bits per heavy atom. The third kappa shape index (κ3) is 3.99. The summed E-state index contributed by atoms with van der Waals surface area (Å²) in [6, 6.07) is 17.6. The molecular formula is C22H25N3O3S2. The van der Waals surface area contributed by atoms with Crippen LogP contribution in [-0.4, -0.2) is 42.5 Å². The molecule has 0 radical (unpaired) electrons. The van der Waals surface area contributed by atoms with Gasteiger partial charge in [0, 0.05) is 13.1 Å². The molecule has 2 heterocycles. The van der Waals surface area contributed by atoms with Crippen LogP contribution in [0, 0.1) is 0 Å². The first-order chi connectivity index (χ1) is 14.4. The highest BCUT2D eigenvalue weighted by molar-refractivity contribution is 7.89. The van der Waals surface area contributed by atoms with Crippen molar-refractivity contribution in [2.45, 2.75) is 31.7 Å². The number of nitrogens with zero attached hydrogens (tertiary/aromatic N) is 2. The molecule has 3 aromatic rings. The second-order valence-corrected chi connectivity index (χ2v) is 10.9. The van der Waals surface area contributed by atoms with Crippen LogP contribution in [0.15, 0.2) is 54.6 Å². The normalized spacial score (nSPS) is 17.1. The van der Waals surface area contributed by atoms with E-state index in [9.17, 15) is 13.2 Å². The standard InChI is InChI=1S/C22H25N3O3S2/c1-2-30(27,28)25-14-12-22(13-15-25,17-8-4-3-5-9-17)21(26)23-16-20-24-18-10-6-7-11-19(18)29-20/h3-11H,2,12-16H2,1H3,(H,23,26). The highest BCUT2D eigenvalue weighted by Crippen LogP contribution is 2.37. The average molecular weight is 444 g/mol. The Kier molecular flexibility index (Phi) is 5.90. The van der Waals surface area contributed by atoms with Gasteiger partial charge in [0.05, 0.1) is 27.9 Å². The van der Waals surface area contributed by atoms with Crippen molar-refractivity contribution < 1.29 is 13.2 Å². The zero-order valence-corrected chi connectivity index (χ0v) is 18.5. The van der Waals surface area contributed by atoms with E-state index in [0.717, 1.165) is 20.8 Å². The van der Waals surface area contributed by atoms with Crippen LogP contribution in [0.1, 0.15) is 30.3 Å². The van der Waals surface area contributed by atoms with E-state index >= 15 is 0 Å². The SMILES string of the molecule is CCS(=O)(=O)N1CCC(C(=O)NCc2nc3ccccc3s2)(c2ccccc2)CC1. The molecule has 4 rings (SSSR count). The molecule has 8 heteroatoms. The Hall–Kier alpha value is -2.29. The smallest absolute Gasteiger partial charge is 0.231 e. The fraction of sp³-hybridized carbons (Fsp3) is 0.364. The molecule has 0 unspecified atom stereocenters. The Morgan fingerprint density at radius 3 is 2.43 bits per heavy atom. The van der Waals surface area contributed by atoms with E-state index in [1.54, 1.807) is 18.3 Å². The van der Waals surface area contributed by atoms with Gasteiger partial charge in [-0.2, -0.15) is 0 Å². The first-order valence-electron chi connectivity index (χ1n) is 10.1. The Morgan fingerprint density at radius 2 is 1.77 bits per heavy atom. The monoisotopic (exact) mass is 443 g/mol. The summed E-state index contributed by atoms with van der Waals surface area (Å²) < 4.78 is 27.2. The van der Waals surface area contributed by atoms with Gasteiger partial charge in [0.1, 0.15) is 5.01 Å². The molecule has 1 aliphatic heterocycles. The van der Waals surface area contributed by atoms with Crippen LogP contribution in [0.4, 0.5) is 0 Å². The van der Waals surface area contributed by atoms with Crippen LogP contribution in [0.2, 0.25) is 0 Å². The van der Waals surface area contributed by atoms with Crippen LogP contribution in [0.25, 0.3) is 10.2 Å². The number of aromatic nitrogens is 1. The molecule has 1 aromatic heterocycles. The third-order valence-corrected chi connectivity index (χ3v) is 8.75. The second kappa shape index (κ2) is 8.45. The van der Waals surface area contributed by atoms with Crippen molar-refractivity contribution in [2.24, 2.45) is 0 Å². The summed E-state index contributed by atoms with van der Waals surface area (Å²) >= 11 is 1.57. The molecule has 6 nitrogen and oxygen atoms in total. The number of benzene rings is 2. The van der Waals surface area contributed by atoms with Crippen molar-refractivity contribution >= 4 is 37.5 Å². The van der Waals surface area contributed by atoms with Crippen LogP contribution in [-0.2, 0) is 26.8 Å². The number of hydrogen-bond donors (Lipinski definition) is 1. The molecule has 0 bridgehead atoms. The van der Waals surface area contributed by atoms with Crippen LogP contribution >= 0.6 is 11.3 Å². The minimum Gasteiger partial charge on any atom is -0.349 e. The lowest BCUT2D eigenvalue weighted by molar-refractivity contribution is -0.128. The lowest BCUT2D eigenvalue weighted by Gasteiger charge is -2.40. The molecule has 1 saturated heterocycles. The Balaban J connectivity index is 1.55. The molecule has 1 N–H and O–H groups in total. The molecule has 1 amide bonds. The van der Waals surface area contributed by atoms with Gasteiger partial charge >= 0.3 is 0 Å². The quantitative estimate of drug-likeness (QED) is 0.634. The molecule has 0 atom stereocenters. The number of carbonyl (C=O) groups is 1. The van der Waals surface area contributed by atoms with E-state index in [1.165, 1.54) is 4.31 Å². The molecule has 0 spiro atoms. The van der Waals surface area contributed by atoms with E-state index in [0.29, 0.717) is 32.5 Å². The number of nitrogens with one attached hydrogen (secondary N) is 1. The molecule has 2 aromatic carbocycles. The van der Waals surface area contributed by atoms with Crippen LogP contribution in [0.5, 0.6) is 0 Å². The molecule has 158 valence electrons. The largest absolute Gasteiger partial charge is 0.349 e. The molecule has 0 aliphatic carbocycles. The lowest BCUT2D eigenvalue weighted by Crippen LogP contribution is -2.52. The fourth-order valence-electron chi connectivity index (χ4n) is 4.05. The maximum atomic E-state index is 13.4. The Bertz CT molecular complexity index is 1100. The zero-order chi connectivity index (χ0) is 21.2. The number of sulfonamides is 1. The van der Waals surface area contributed by atoms with Crippen molar-refractivity contribution in [1.29, 1.82) is 0 Å². The average Bonchev–Trinajstić information content (AvgIpc) is 3.21. The number of thiazole rings is 1. The van der Waals surface area contributed by atoms with Gasteiger partial charge in [-0.1, -0.05) is 42.5 Å². The van der Waals surface area contributed by atoms with Crippen molar-refractivity contribution in [2.75, 3.05) is 18.8 Å². The number of piperidine rings is 1. The van der Waals surface area contributed by atoms with E-state index in [1.807, 2.05) is 54.6 Å². The summed E-state index contributed by atoms with van der Waals surface area (Å²) in [5.74, 6) is 0.0105. The summed E-state index contributed by atoms with van der Waals surface area (Å²) in [6.45, 7) is 2.71. The van der Waals surface area contributed by atoms with Crippen LogP contribution in [0.3, 0.4) is 0 Å². The Labute approximate surface area is 181 Å². The van der Waals surface area contributed by atoms with Crippen molar-refractivity contribution in [3.05, 3.63) is 65.2 Å². The number of hydrogen-bond acceptors (Lipinski definition) is 5. The topological polar surface area (TPSA) is 79.4 Å². The van der Waals surface area contributed by atoms with Gasteiger partial charge in [0.25, 0.3) is 0 Å². The van der Waals surface area contributed by atoms with Gasteiger partial charge in [-0.15, -0.1) is 11.3 Å². The maximum absolute atomic E-state index is 13.4. The minimum absolute atomic E-state index is 0.0681. The highest BCUT2D eigenvalue weighted by atomic mass is 32.2. The van der Waals surface area contributed by atoms with Gasteiger partial charge in [-0.05, 0) is 37.5 Å². The lowest BCUT2D eigenvalue weighted by atomic mass is 9.72. The van der Waals surface area contributed by atoms with E-state index in [4.69, 9.17) is 0 Å². The fourth-order valence-corrected chi connectivity index (χ4v) is 6.06. The van der Waals surface area contributed by atoms with E-state index in [-0.39, 0.29) is 11.7 Å². The molecule has 0 saturated carbocycles.